The summed E-state index contributed by atoms with van der Waals surface area (Å²) in [4.78, 5) is 42.1. The molecule has 204 valence electrons. The van der Waals surface area contributed by atoms with Gasteiger partial charge in [-0.2, -0.15) is 10.4 Å². The van der Waals surface area contributed by atoms with Gasteiger partial charge in [-0.3, -0.25) is 20.3 Å². The van der Waals surface area contributed by atoms with Gasteiger partial charge in [0.2, 0.25) is 11.6 Å². The number of hydrazone groups is 1. The van der Waals surface area contributed by atoms with E-state index in [0.717, 1.165) is 11.1 Å². The number of nitrogens with one attached hydrogen (secondary N) is 2. The first-order valence-electron chi connectivity index (χ1n) is 12.0. The molecule has 0 atom stereocenters. The van der Waals surface area contributed by atoms with E-state index in [9.17, 15) is 18.8 Å². The number of anilines is 1. The molecule has 13 heteroatoms. The molecule has 3 amide bonds. The molecule has 0 bridgehead atoms. The van der Waals surface area contributed by atoms with Crippen molar-refractivity contribution in [1.29, 1.82) is 5.26 Å². The maximum absolute atomic E-state index is 13.2. The van der Waals surface area contributed by atoms with Gasteiger partial charge in [-0.25, -0.2) is 14.2 Å². The highest BCUT2D eigenvalue weighted by molar-refractivity contribution is 6.46. The Labute approximate surface area is 233 Å². The molecule has 40 heavy (non-hydrogen) atoms. The molecule has 4 rings (SSSR count). The molecule has 0 saturated carbocycles. The Hall–Kier alpha value is -5.02. The van der Waals surface area contributed by atoms with Crippen LogP contribution in [0.5, 0.6) is 11.6 Å². The molecule has 0 radical (unpaired) electrons. The number of carbonyl (C=O) groups is 3. The van der Waals surface area contributed by atoms with Gasteiger partial charge in [0.15, 0.2) is 0 Å². The van der Waals surface area contributed by atoms with Gasteiger partial charge < -0.3 is 14.4 Å². The van der Waals surface area contributed by atoms with E-state index < -0.39 is 17.7 Å². The summed E-state index contributed by atoms with van der Waals surface area (Å²) >= 11 is 6.30. The molecule has 0 spiro atoms. The van der Waals surface area contributed by atoms with Gasteiger partial charge in [-0.05, 0) is 60.9 Å². The zero-order valence-corrected chi connectivity index (χ0v) is 21.9. The second-order valence-electron chi connectivity index (χ2n) is 8.39. The molecule has 0 fully saturated rings. The first kappa shape index (κ1) is 28.0. The number of hydrogen-bond donors (Lipinski definition) is 2. The summed E-state index contributed by atoms with van der Waals surface area (Å²) in [5, 5.41) is 14.8. The summed E-state index contributed by atoms with van der Waals surface area (Å²) in [6.45, 7) is 2.49. The number of nitriles is 1. The number of hydrogen-bond acceptors (Lipinski definition) is 9. The van der Waals surface area contributed by atoms with E-state index in [-0.39, 0.29) is 34.9 Å². The summed E-state index contributed by atoms with van der Waals surface area (Å²) in [5.41, 5.74) is 4.30. The third-order valence-electron chi connectivity index (χ3n) is 5.66. The van der Waals surface area contributed by atoms with Crippen LogP contribution in [0.1, 0.15) is 28.4 Å². The number of amides is 3. The molecule has 0 unspecified atom stereocenters. The fraction of sp³-hybridized carbons (Fsp3) is 0.185. The van der Waals surface area contributed by atoms with Crippen molar-refractivity contribution < 1.29 is 28.2 Å². The number of halogens is 2. The zero-order chi connectivity index (χ0) is 28.6. The van der Waals surface area contributed by atoms with Crippen molar-refractivity contribution in [3.63, 3.8) is 0 Å². The van der Waals surface area contributed by atoms with Crippen LogP contribution in [0.15, 0.2) is 59.8 Å². The monoisotopic (exact) mass is 564 g/mol. The normalized spacial score (nSPS) is 12.7. The Bertz CT molecular complexity index is 1520. The summed E-state index contributed by atoms with van der Waals surface area (Å²) in [6.07, 6.45) is 0.917. The van der Waals surface area contributed by atoms with Crippen molar-refractivity contribution >= 4 is 40.9 Å². The number of aromatic nitrogens is 1. The average Bonchev–Trinajstić information content (AvgIpc) is 2.93. The molecular weight excluding hydrogens is 543 g/mol. The zero-order valence-electron chi connectivity index (χ0n) is 21.1. The largest absolute Gasteiger partial charge is 0.450 e. The highest BCUT2D eigenvalue weighted by Crippen LogP contribution is 2.31. The number of imide groups is 1. The fourth-order valence-electron chi connectivity index (χ4n) is 3.78. The Morgan fingerprint density at radius 1 is 1.23 bits per heavy atom. The van der Waals surface area contributed by atoms with Gasteiger partial charge in [0.25, 0.3) is 11.8 Å². The number of nitrogens with zero attached hydrogens (tertiary/aromatic N) is 4. The van der Waals surface area contributed by atoms with Crippen molar-refractivity contribution in [2.24, 2.45) is 5.10 Å². The van der Waals surface area contributed by atoms with Crippen LogP contribution in [-0.2, 0) is 22.5 Å². The van der Waals surface area contributed by atoms with E-state index in [1.165, 1.54) is 24.4 Å². The van der Waals surface area contributed by atoms with Crippen LogP contribution in [0.2, 0.25) is 5.02 Å². The van der Waals surface area contributed by atoms with Crippen LogP contribution < -0.4 is 15.5 Å². The standard InChI is InChI=1S/C27H22ClFN6O5/c1-2-39-27(38)32-24(36)23(13-30)34-33-19-12-22(28)25(31-14-19)40-20-7-8-21-17(11-20)9-10-35(26(21)37)15-16-3-5-18(29)6-4-16/h3-8,11-12,14,33H,2,9-10,15H2,1H3,(H,32,36,38). The van der Waals surface area contributed by atoms with Crippen LogP contribution in [0.3, 0.4) is 0 Å². The predicted molar refractivity (Wildman–Crippen MR) is 142 cm³/mol. The summed E-state index contributed by atoms with van der Waals surface area (Å²) in [7, 11) is 0. The minimum atomic E-state index is -1.04. The molecule has 0 saturated heterocycles. The molecular formula is C27H22ClFN6O5. The van der Waals surface area contributed by atoms with Crippen molar-refractivity contribution in [3.05, 3.63) is 82.3 Å². The molecule has 0 aliphatic carbocycles. The van der Waals surface area contributed by atoms with Gasteiger partial charge in [-0.15, -0.1) is 0 Å². The fourth-order valence-corrected chi connectivity index (χ4v) is 3.98. The number of alkyl carbamates (subject to hydrolysis) is 1. The topological polar surface area (TPSA) is 146 Å². The number of carbonyl (C=O) groups excluding carboxylic acids is 3. The highest BCUT2D eigenvalue weighted by Gasteiger charge is 2.25. The van der Waals surface area contributed by atoms with E-state index >= 15 is 0 Å². The first-order chi connectivity index (χ1) is 19.3. The molecule has 2 N–H and O–H groups in total. The number of ether oxygens (including phenoxy) is 2. The minimum Gasteiger partial charge on any atom is -0.450 e. The number of pyridine rings is 1. The van der Waals surface area contributed by atoms with E-state index in [2.05, 4.69) is 20.2 Å². The molecule has 2 aromatic carbocycles. The Kier molecular flexibility index (Phi) is 8.88. The first-order valence-corrected chi connectivity index (χ1v) is 12.4. The van der Waals surface area contributed by atoms with E-state index in [0.29, 0.717) is 30.8 Å². The maximum atomic E-state index is 13.2. The Morgan fingerprint density at radius 3 is 2.70 bits per heavy atom. The quantitative estimate of drug-likeness (QED) is 0.302. The lowest BCUT2D eigenvalue weighted by Crippen LogP contribution is -2.37. The van der Waals surface area contributed by atoms with E-state index in [1.807, 2.05) is 5.32 Å². The molecule has 1 aromatic heterocycles. The van der Waals surface area contributed by atoms with Crippen molar-refractivity contribution in [1.82, 2.24) is 15.2 Å². The van der Waals surface area contributed by atoms with Gasteiger partial charge in [0.1, 0.15) is 22.7 Å². The van der Waals surface area contributed by atoms with E-state index in [1.54, 1.807) is 48.2 Å². The molecule has 2 heterocycles. The van der Waals surface area contributed by atoms with E-state index in [4.69, 9.17) is 21.6 Å². The second-order valence-corrected chi connectivity index (χ2v) is 8.80. The summed E-state index contributed by atoms with van der Waals surface area (Å²) in [5.74, 6) is -0.995. The molecule has 3 aromatic rings. The smallest absolute Gasteiger partial charge is 0.414 e. The van der Waals surface area contributed by atoms with Crippen LogP contribution >= 0.6 is 11.6 Å². The predicted octanol–water partition coefficient (Wildman–Crippen LogP) is 4.43. The van der Waals surface area contributed by atoms with Crippen LogP contribution in [-0.4, -0.2) is 46.7 Å². The second kappa shape index (κ2) is 12.7. The lowest BCUT2D eigenvalue weighted by Gasteiger charge is -2.29. The van der Waals surface area contributed by atoms with Gasteiger partial charge in [0.05, 0.1) is 18.5 Å². The lowest BCUT2D eigenvalue weighted by molar-refractivity contribution is -0.114. The minimum absolute atomic E-state index is 0.0516. The average molecular weight is 565 g/mol. The number of rotatable bonds is 8. The molecule has 11 nitrogen and oxygen atoms in total. The van der Waals surface area contributed by atoms with Crippen LogP contribution in [0.4, 0.5) is 14.9 Å². The summed E-state index contributed by atoms with van der Waals surface area (Å²) < 4.78 is 23.6. The number of fused-ring (bicyclic) bond motifs is 1. The molecule has 1 aliphatic rings. The van der Waals surface area contributed by atoms with Crippen molar-refractivity contribution in [2.75, 3.05) is 18.6 Å². The van der Waals surface area contributed by atoms with Crippen molar-refractivity contribution in [2.45, 2.75) is 19.9 Å². The highest BCUT2D eigenvalue weighted by atomic mass is 35.5. The van der Waals surface area contributed by atoms with Crippen LogP contribution in [0.25, 0.3) is 0 Å². The third-order valence-corrected chi connectivity index (χ3v) is 5.93. The van der Waals surface area contributed by atoms with Gasteiger partial charge in [-0.1, -0.05) is 23.7 Å². The number of benzene rings is 2. The van der Waals surface area contributed by atoms with Gasteiger partial charge >= 0.3 is 6.09 Å². The van der Waals surface area contributed by atoms with Gasteiger partial charge in [0, 0.05) is 18.7 Å². The lowest BCUT2D eigenvalue weighted by atomic mass is 9.98. The third kappa shape index (κ3) is 6.89. The van der Waals surface area contributed by atoms with Crippen LogP contribution in [0, 0.1) is 17.1 Å². The SMILES string of the molecule is CCOC(=O)NC(=O)C(C#N)=NNc1cnc(Oc2ccc3c(c2)CCN(Cc2ccc(F)cc2)C3=O)c(Cl)c1. The maximum Gasteiger partial charge on any atom is 0.414 e. The summed E-state index contributed by atoms with van der Waals surface area (Å²) in [6, 6.07) is 14.1. The Balaban J connectivity index is 1.40. The Morgan fingerprint density at radius 2 is 2.00 bits per heavy atom. The van der Waals surface area contributed by atoms with Crippen molar-refractivity contribution in [3.8, 4) is 17.7 Å². The molecule has 1 aliphatic heterocycles.